The molecule has 0 bridgehead atoms. The monoisotopic (exact) mass is 458 g/mol. The third-order valence-corrected chi connectivity index (χ3v) is 6.07. The zero-order valence-electron chi connectivity index (χ0n) is 19.0. The molecule has 0 amide bonds. The van der Waals surface area contributed by atoms with Gasteiger partial charge in [-0.05, 0) is 62.8 Å². The Morgan fingerprint density at radius 1 is 1.38 bits per heavy atom. The summed E-state index contributed by atoms with van der Waals surface area (Å²) < 4.78 is 1.45. The van der Waals surface area contributed by atoms with Crippen LogP contribution in [0.2, 0.25) is 0 Å². The second kappa shape index (κ2) is 9.98. The van der Waals surface area contributed by atoms with E-state index in [-0.39, 0.29) is 31.2 Å². The van der Waals surface area contributed by atoms with Crippen molar-refractivity contribution in [3.8, 4) is 0 Å². The fraction of sp³-hybridized carbons (Fsp3) is 0.458. The van der Waals surface area contributed by atoms with Crippen LogP contribution in [0.5, 0.6) is 0 Å². The predicted octanol–water partition coefficient (Wildman–Crippen LogP) is 4.14. The largest absolute Gasteiger partial charge is 0.395 e. The lowest BCUT2D eigenvalue weighted by molar-refractivity contribution is 0.234. The first-order chi connectivity index (χ1) is 15.2. The van der Waals surface area contributed by atoms with Crippen LogP contribution in [-0.2, 0) is 6.54 Å². The maximum absolute atomic E-state index is 13.1. The number of aliphatic imine (C=N–C) groups is 1. The Morgan fingerprint density at radius 2 is 2.12 bits per heavy atom. The van der Waals surface area contributed by atoms with Crippen LogP contribution in [0.4, 0.5) is 11.6 Å². The number of hydrogen-bond donors (Lipinski definition) is 3. The van der Waals surface area contributed by atoms with Crippen LogP contribution in [0.3, 0.4) is 0 Å². The molecular weight excluding hydrogens is 428 g/mol. The van der Waals surface area contributed by atoms with Gasteiger partial charge in [0.2, 0.25) is 0 Å². The molecule has 1 aliphatic rings. The molecule has 1 atom stereocenters. The first kappa shape index (κ1) is 24.2. The van der Waals surface area contributed by atoms with E-state index in [0.717, 1.165) is 29.2 Å². The van der Waals surface area contributed by atoms with Crippen molar-refractivity contribution >= 4 is 39.7 Å². The number of nitrogens with zero attached hydrogens (tertiary/aromatic N) is 3. The molecule has 2 aromatic heterocycles. The normalized spacial score (nSPS) is 18.5. The molecule has 1 aliphatic carbocycles. The van der Waals surface area contributed by atoms with E-state index >= 15 is 0 Å². The summed E-state index contributed by atoms with van der Waals surface area (Å²) in [4.78, 5) is 22.6. The number of fused-ring (bicyclic) bond motifs is 1. The van der Waals surface area contributed by atoms with E-state index in [1.54, 1.807) is 12.3 Å². The van der Waals surface area contributed by atoms with Crippen LogP contribution < -0.4 is 10.9 Å². The van der Waals surface area contributed by atoms with Gasteiger partial charge in [0.15, 0.2) is 5.82 Å². The number of anilines is 1. The summed E-state index contributed by atoms with van der Waals surface area (Å²) in [5.74, 6) is 1.04. The Balaban J connectivity index is 2.21. The molecular formula is C24H31ClN4O3. The second-order valence-electron chi connectivity index (χ2n) is 8.76. The minimum absolute atomic E-state index is 0.142. The second-order valence-corrected chi connectivity index (χ2v) is 9.16. The predicted molar refractivity (Wildman–Crippen MR) is 131 cm³/mol. The molecule has 0 saturated carbocycles. The van der Waals surface area contributed by atoms with Crippen LogP contribution in [0.1, 0.15) is 40.5 Å². The van der Waals surface area contributed by atoms with Gasteiger partial charge in [0.1, 0.15) is 5.82 Å². The van der Waals surface area contributed by atoms with Crippen LogP contribution in [-0.4, -0.2) is 44.2 Å². The lowest BCUT2D eigenvalue weighted by atomic mass is 9.97. The highest BCUT2D eigenvalue weighted by Crippen LogP contribution is 2.29. The van der Waals surface area contributed by atoms with Gasteiger partial charge in [-0.3, -0.25) is 4.79 Å². The number of halogens is 1. The lowest BCUT2D eigenvalue weighted by Crippen LogP contribution is -2.36. The number of rotatable bonds is 7. The molecule has 0 saturated heterocycles. The van der Waals surface area contributed by atoms with E-state index in [4.69, 9.17) is 16.6 Å². The number of pyridine rings is 2. The summed E-state index contributed by atoms with van der Waals surface area (Å²) in [6.07, 6.45) is 7.39. The van der Waals surface area contributed by atoms with Crippen LogP contribution >= 0.6 is 11.6 Å². The SMILES string of the molecule is CCC1CC=C(Cl)C(C)=CC1=Nc1cc2ccn(CCO)c(=O)c2c(NC(C)(C)CO)n1. The van der Waals surface area contributed by atoms with Gasteiger partial charge in [0.05, 0.1) is 24.1 Å². The van der Waals surface area contributed by atoms with Crippen molar-refractivity contribution in [1.82, 2.24) is 9.55 Å². The van der Waals surface area contributed by atoms with Crippen molar-refractivity contribution in [2.45, 2.75) is 52.6 Å². The first-order valence-corrected chi connectivity index (χ1v) is 11.2. The van der Waals surface area contributed by atoms with Gasteiger partial charge < -0.3 is 20.1 Å². The summed E-state index contributed by atoms with van der Waals surface area (Å²) >= 11 is 6.35. The van der Waals surface area contributed by atoms with E-state index in [2.05, 4.69) is 17.2 Å². The number of aliphatic hydroxyl groups is 2. The molecule has 0 spiro atoms. The van der Waals surface area contributed by atoms with Crippen molar-refractivity contribution in [2.75, 3.05) is 18.5 Å². The van der Waals surface area contributed by atoms with Gasteiger partial charge in [0, 0.05) is 29.4 Å². The minimum Gasteiger partial charge on any atom is -0.395 e. The average molecular weight is 459 g/mol. The Kier molecular flexibility index (Phi) is 7.54. The summed E-state index contributed by atoms with van der Waals surface area (Å²) in [6.45, 7) is 7.63. The molecule has 32 heavy (non-hydrogen) atoms. The smallest absolute Gasteiger partial charge is 0.262 e. The number of hydrogen-bond acceptors (Lipinski definition) is 6. The molecule has 1 unspecified atom stereocenters. The highest BCUT2D eigenvalue weighted by molar-refractivity contribution is 6.32. The molecule has 3 N–H and O–H groups in total. The quantitative estimate of drug-likeness (QED) is 0.579. The van der Waals surface area contributed by atoms with Crippen LogP contribution in [0, 0.1) is 5.92 Å². The molecule has 7 nitrogen and oxygen atoms in total. The number of aromatic nitrogens is 2. The lowest BCUT2D eigenvalue weighted by Gasteiger charge is -2.25. The molecule has 2 heterocycles. The average Bonchev–Trinajstić information content (AvgIpc) is 2.88. The van der Waals surface area contributed by atoms with E-state index < -0.39 is 5.54 Å². The van der Waals surface area contributed by atoms with E-state index in [1.165, 1.54) is 4.57 Å². The molecule has 8 heteroatoms. The standard InChI is InChI=1S/C24H31ClN4O3/c1-5-16-6-7-18(25)15(2)12-19(16)26-20-13-17-8-9-29(10-11-30)23(32)21(17)22(27-20)28-24(3,4)14-31/h7-9,12-13,16,30-31H,5-6,10-11,14H2,1-4H3,(H,27,28). The number of aliphatic hydroxyl groups excluding tert-OH is 2. The zero-order valence-corrected chi connectivity index (χ0v) is 19.8. The van der Waals surface area contributed by atoms with Gasteiger partial charge in [0.25, 0.3) is 5.56 Å². The van der Waals surface area contributed by atoms with Gasteiger partial charge in [-0.1, -0.05) is 24.6 Å². The number of nitrogens with one attached hydrogen (secondary N) is 1. The fourth-order valence-corrected chi connectivity index (χ4v) is 3.79. The van der Waals surface area contributed by atoms with E-state index in [9.17, 15) is 15.0 Å². The highest BCUT2D eigenvalue weighted by atomic mass is 35.5. The Hall–Kier alpha value is -2.48. The van der Waals surface area contributed by atoms with Gasteiger partial charge in [-0.2, -0.15) is 0 Å². The Labute approximate surface area is 193 Å². The first-order valence-electron chi connectivity index (χ1n) is 10.9. The molecule has 172 valence electrons. The Bertz CT molecular complexity index is 1150. The summed E-state index contributed by atoms with van der Waals surface area (Å²) in [7, 11) is 0. The molecule has 0 aliphatic heterocycles. The number of allylic oxidation sites excluding steroid dienone is 4. The maximum Gasteiger partial charge on any atom is 0.262 e. The maximum atomic E-state index is 13.1. The molecule has 0 aromatic carbocycles. The molecule has 0 fully saturated rings. The van der Waals surface area contributed by atoms with Gasteiger partial charge in [-0.25, -0.2) is 9.98 Å². The minimum atomic E-state index is -0.696. The van der Waals surface area contributed by atoms with Crippen LogP contribution in [0.15, 0.2) is 50.9 Å². The Morgan fingerprint density at radius 3 is 2.78 bits per heavy atom. The molecule has 3 rings (SSSR count). The highest BCUT2D eigenvalue weighted by Gasteiger charge is 2.21. The van der Waals surface area contributed by atoms with E-state index in [1.807, 2.05) is 39.0 Å². The van der Waals surface area contributed by atoms with Crippen molar-refractivity contribution < 1.29 is 10.2 Å². The summed E-state index contributed by atoms with van der Waals surface area (Å²) in [6, 6.07) is 3.61. The summed E-state index contributed by atoms with van der Waals surface area (Å²) in [5.41, 5.74) is 0.892. The van der Waals surface area contributed by atoms with Crippen LogP contribution in [0.25, 0.3) is 10.8 Å². The fourth-order valence-electron chi connectivity index (χ4n) is 3.65. The van der Waals surface area contributed by atoms with Gasteiger partial charge in [-0.15, -0.1) is 0 Å². The topological polar surface area (TPSA) is 99.7 Å². The van der Waals surface area contributed by atoms with Gasteiger partial charge >= 0.3 is 0 Å². The summed E-state index contributed by atoms with van der Waals surface area (Å²) in [5, 5.41) is 24.1. The third kappa shape index (κ3) is 5.28. The zero-order chi connectivity index (χ0) is 23.5. The van der Waals surface area contributed by atoms with E-state index in [0.29, 0.717) is 22.4 Å². The van der Waals surface area contributed by atoms with Crippen molar-refractivity contribution in [3.05, 3.63) is 51.4 Å². The third-order valence-electron chi connectivity index (χ3n) is 5.62. The molecule has 2 aromatic rings. The van der Waals surface area contributed by atoms with Crippen molar-refractivity contribution in [1.29, 1.82) is 0 Å². The van der Waals surface area contributed by atoms with Crippen molar-refractivity contribution in [3.63, 3.8) is 0 Å². The molecule has 0 radical (unpaired) electrons. The van der Waals surface area contributed by atoms with Crippen molar-refractivity contribution in [2.24, 2.45) is 10.9 Å².